The first-order valence-corrected chi connectivity index (χ1v) is 9.64. The number of pyridine rings is 1. The zero-order valence-electron chi connectivity index (χ0n) is 16.9. The summed E-state index contributed by atoms with van der Waals surface area (Å²) < 4.78 is 38.6. The van der Waals surface area contributed by atoms with Gasteiger partial charge >= 0.3 is 12.2 Å². The van der Waals surface area contributed by atoms with E-state index >= 15 is 0 Å². The number of amides is 2. The third-order valence-electron chi connectivity index (χ3n) is 4.33. The largest absolute Gasteiger partial charge is 0.405 e. The number of nitrogens with zero attached hydrogens (tertiary/aromatic N) is 2. The molecule has 0 fully saturated rings. The lowest BCUT2D eigenvalue weighted by Crippen LogP contribution is -2.36. The number of rotatable bonds is 9. The number of imidazole rings is 1. The standard InChI is InChI=1S/C21H22F3N5O3/c1-14(28-32-9-3-8-30)15-6-7-29-18(12-25-19(29)11-15)16-4-2-5-17(10-16)27-20(31)26-13-21(22,23)24/h2,4-7,10-12,28,30H,1,3,8-9,13H2,(H2,26,27,31). The molecule has 0 spiro atoms. The van der Waals surface area contributed by atoms with Crippen LogP contribution in [0.1, 0.15) is 12.0 Å². The molecule has 0 radical (unpaired) electrons. The van der Waals surface area contributed by atoms with Gasteiger partial charge in [0.05, 0.1) is 24.2 Å². The predicted octanol–water partition coefficient (Wildman–Crippen LogP) is 3.56. The zero-order chi connectivity index (χ0) is 23.1. The van der Waals surface area contributed by atoms with Gasteiger partial charge in [0.1, 0.15) is 12.2 Å². The Morgan fingerprint density at radius 1 is 1.25 bits per heavy atom. The van der Waals surface area contributed by atoms with Crippen LogP contribution in [0, 0.1) is 0 Å². The summed E-state index contributed by atoms with van der Waals surface area (Å²) in [7, 11) is 0. The van der Waals surface area contributed by atoms with Crippen LogP contribution in [0.3, 0.4) is 0 Å². The molecule has 170 valence electrons. The summed E-state index contributed by atoms with van der Waals surface area (Å²) in [6.07, 6.45) is -0.540. The number of fused-ring (bicyclic) bond motifs is 1. The van der Waals surface area contributed by atoms with E-state index in [2.05, 4.69) is 22.4 Å². The third-order valence-corrected chi connectivity index (χ3v) is 4.33. The van der Waals surface area contributed by atoms with Crippen LogP contribution in [0.4, 0.5) is 23.7 Å². The van der Waals surface area contributed by atoms with Crippen LogP contribution in [0.15, 0.2) is 55.4 Å². The van der Waals surface area contributed by atoms with Crippen LogP contribution < -0.4 is 16.1 Å². The fourth-order valence-corrected chi connectivity index (χ4v) is 2.83. The van der Waals surface area contributed by atoms with Gasteiger partial charge in [-0.1, -0.05) is 18.7 Å². The Morgan fingerprint density at radius 3 is 2.81 bits per heavy atom. The number of urea groups is 1. The molecule has 0 aliphatic heterocycles. The van der Waals surface area contributed by atoms with Crippen LogP contribution in [-0.2, 0) is 4.84 Å². The molecule has 0 aliphatic carbocycles. The number of nitrogens with one attached hydrogen (secondary N) is 3. The van der Waals surface area contributed by atoms with E-state index in [1.54, 1.807) is 48.0 Å². The van der Waals surface area contributed by atoms with Gasteiger partial charge < -0.3 is 15.7 Å². The Labute approximate surface area is 181 Å². The first-order valence-electron chi connectivity index (χ1n) is 9.64. The second kappa shape index (κ2) is 10.2. The fraction of sp³-hybridized carbons (Fsp3) is 0.238. The first kappa shape index (κ1) is 23.1. The minimum absolute atomic E-state index is 0.0336. The van der Waals surface area contributed by atoms with E-state index in [0.29, 0.717) is 35.6 Å². The number of hydrogen-bond donors (Lipinski definition) is 4. The van der Waals surface area contributed by atoms with Crippen LogP contribution >= 0.6 is 0 Å². The SMILES string of the molecule is C=C(NOCCCO)c1ccn2c(-c3cccc(NC(=O)NCC(F)(F)F)c3)cnc2c1. The molecule has 2 aromatic heterocycles. The predicted molar refractivity (Wildman–Crippen MR) is 114 cm³/mol. The van der Waals surface area contributed by atoms with Gasteiger partial charge in [-0.2, -0.15) is 13.2 Å². The number of hydroxylamine groups is 1. The normalized spacial score (nSPS) is 11.4. The molecule has 3 rings (SSSR count). The Morgan fingerprint density at radius 2 is 2.06 bits per heavy atom. The summed E-state index contributed by atoms with van der Waals surface area (Å²) in [5, 5.41) is 12.9. The molecule has 4 N–H and O–H groups in total. The highest BCUT2D eigenvalue weighted by molar-refractivity contribution is 5.90. The summed E-state index contributed by atoms with van der Waals surface area (Å²) in [6.45, 7) is 2.87. The highest BCUT2D eigenvalue weighted by atomic mass is 19.4. The molecule has 2 heterocycles. The number of carbonyl (C=O) groups is 1. The van der Waals surface area contributed by atoms with Crippen LogP contribution in [0.5, 0.6) is 0 Å². The van der Waals surface area contributed by atoms with Gasteiger partial charge in [0.25, 0.3) is 0 Å². The second-order valence-electron chi connectivity index (χ2n) is 6.80. The highest BCUT2D eigenvalue weighted by Gasteiger charge is 2.27. The number of benzene rings is 1. The molecule has 3 aromatic rings. The Hall–Kier alpha value is -3.57. The number of alkyl halides is 3. The van der Waals surface area contributed by atoms with Gasteiger partial charge in [-0.15, -0.1) is 0 Å². The maximum Gasteiger partial charge on any atom is 0.405 e. The van der Waals surface area contributed by atoms with E-state index in [1.807, 2.05) is 10.5 Å². The Balaban J connectivity index is 1.72. The molecule has 0 saturated heterocycles. The molecule has 0 atom stereocenters. The monoisotopic (exact) mass is 449 g/mol. The van der Waals surface area contributed by atoms with Crippen molar-refractivity contribution < 1.29 is 27.9 Å². The third kappa shape index (κ3) is 6.22. The minimum atomic E-state index is -4.49. The van der Waals surface area contributed by atoms with Crippen molar-refractivity contribution in [3.63, 3.8) is 0 Å². The highest BCUT2D eigenvalue weighted by Crippen LogP contribution is 2.25. The van der Waals surface area contributed by atoms with Crippen LogP contribution in [0.25, 0.3) is 22.6 Å². The maximum absolute atomic E-state index is 12.2. The lowest BCUT2D eigenvalue weighted by Gasteiger charge is -2.11. The molecule has 32 heavy (non-hydrogen) atoms. The number of aliphatic hydroxyl groups is 1. The lowest BCUT2D eigenvalue weighted by molar-refractivity contribution is -0.122. The second-order valence-corrected chi connectivity index (χ2v) is 6.80. The van der Waals surface area contributed by atoms with Gasteiger partial charge in [-0.05, 0) is 30.7 Å². The quantitative estimate of drug-likeness (QED) is 0.296. The molecule has 0 saturated carbocycles. The van der Waals surface area contributed by atoms with Crippen molar-refractivity contribution in [3.8, 4) is 11.3 Å². The summed E-state index contributed by atoms with van der Waals surface area (Å²) in [5.74, 6) is 0. The van der Waals surface area contributed by atoms with Crippen LogP contribution in [0.2, 0.25) is 0 Å². The molecule has 0 unspecified atom stereocenters. The van der Waals surface area contributed by atoms with Gasteiger partial charge in [-0.3, -0.25) is 14.7 Å². The maximum atomic E-state index is 12.2. The molecule has 1 aromatic carbocycles. The topological polar surface area (TPSA) is 99.9 Å². The summed E-state index contributed by atoms with van der Waals surface area (Å²) in [5.41, 5.74) is 6.43. The van der Waals surface area contributed by atoms with E-state index in [0.717, 1.165) is 11.3 Å². The first-order chi connectivity index (χ1) is 15.3. The van der Waals surface area contributed by atoms with E-state index in [9.17, 15) is 18.0 Å². The molecule has 2 amide bonds. The number of hydrogen-bond acceptors (Lipinski definition) is 5. The number of aliphatic hydroxyl groups excluding tert-OH is 1. The van der Waals surface area contributed by atoms with Crippen molar-refractivity contribution in [2.45, 2.75) is 12.6 Å². The number of aromatic nitrogens is 2. The molecular formula is C21H22F3N5O3. The van der Waals surface area contributed by atoms with Gasteiger partial charge in [0.15, 0.2) is 0 Å². The van der Waals surface area contributed by atoms with Gasteiger partial charge in [-0.25, -0.2) is 9.78 Å². The van der Waals surface area contributed by atoms with E-state index in [1.165, 1.54) is 0 Å². The van der Waals surface area contributed by atoms with E-state index in [4.69, 9.17) is 9.94 Å². The van der Waals surface area contributed by atoms with Crippen molar-refractivity contribution >= 4 is 23.1 Å². The Kier molecular flexibility index (Phi) is 7.33. The number of halogens is 3. The van der Waals surface area contributed by atoms with Gasteiger partial charge in [0.2, 0.25) is 0 Å². The van der Waals surface area contributed by atoms with Crippen molar-refractivity contribution in [1.29, 1.82) is 0 Å². The van der Waals surface area contributed by atoms with Crippen molar-refractivity contribution in [2.24, 2.45) is 0 Å². The van der Waals surface area contributed by atoms with Crippen molar-refractivity contribution in [3.05, 3.63) is 60.9 Å². The van der Waals surface area contributed by atoms with Crippen LogP contribution in [-0.4, -0.2) is 46.5 Å². The molecule has 11 heteroatoms. The lowest BCUT2D eigenvalue weighted by atomic mass is 10.1. The van der Waals surface area contributed by atoms with E-state index in [-0.39, 0.29) is 6.61 Å². The summed E-state index contributed by atoms with van der Waals surface area (Å²) >= 11 is 0. The summed E-state index contributed by atoms with van der Waals surface area (Å²) in [6, 6.07) is 9.36. The minimum Gasteiger partial charge on any atom is -0.396 e. The van der Waals surface area contributed by atoms with E-state index < -0.39 is 18.8 Å². The zero-order valence-corrected chi connectivity index (χ0v) is 16.9. The van der Waals surface area contributed by atoms with Crippen molar-refractivity contribution in [2.75, 3.05) is 25.1 Å². The fourth-order valence-electron chi connectivity index (χ4n) is 2.83. The number of anilines is 1. The smallest absolute Gasteiger partial charge is 0.396 e. The molecule has 0 bridgehead atoms. The average Bonchev–Trinajstić information content (AvgIpc) is 3.18. The summed E-state index contributed by atoms with van der Waals surface area (Å²) in [4.78, 5) is 21.3. The Bertz CT molecular complexity index is 1100. The van der Waals surface area contributed by atoms with Gasteiger partial charge in [0, 0.05) is 29.6 Å². The molecule has 0 aliphatic rings. The number of carbonyl (C=O) groups excluding carboxylic acids is 1. The molecule has 8 nitrogen and oxygen atoms in total. The van der Waals surface area contributed by atoms with Crippen molar-refractivity contribution in [1.82, 2.24) is 20.2 Å². The average molecular weight is 449 g/mol. The molecular weight excluding hydrogens is 427 g/mol.